The number of hydrogen-bond acceptors (Lipinski definition) is 3. The normalized spacial score (nSPS) is 12.2. The van der Waals surface area contributed by atoms with Gasteiger partial charge in [-0.05, 0) is 26.1 Å². The maximum atomic E-state index is 13.7. The summed E-state index contributed by atoms with van der Waals surface area (Å²) in [5, 5.41) is 3.21. The van der Waals surface area contributed by atoms with Gasteiger partial charge in [0.1, 0.15) is 11.6 Å². The van der Waals surface area contributed by atoms with Crippen LogP contribution in [0.1, 0.15) is 24.1 Å². The molecule has 2 rings (SSSR count). The van der Waals surface area contributed by atoms with Crippen molar-refractivity contribution in [2.45, 2.75) is 19.5 Å². The standard InChI is InChI=1S/C16H20FN3/c1-12(18-2)14-8-6-10-19-16(14)20(3)11-13-7-4-5-9-15(13)17/h4-10,12,18H,11H2,1-3H3. The van der Waals surface area contributed by atoms with Gasteiger partial charge in [-0.15, -0.1) is 0 Å². The molecule has 106 valence electrons. The van der Waals surface area contributed by atoms with E-state index < -0.39 is 0 Å². The van der Waals surface area contributed by atoms with Crippen LogP contribution < -0.4 is 10.2 Å². The zero-order chi connectivity index (χ0) is 14.5. The third-order valence-corrected chi connectivity index (χ3v) is 3.44. The van der Waals surface area contributed by atoms with Crippen molar-refractivity contribution < 1.29 is 4.39 Å². The van der Waals surface area contributed by atoms with Crippen LogP contribution >= 0.6 is 0 Å². The van der Waals surface area contributed by atoms with E-state index in [1.807, 2.05) is 37.2 Å². The Hall–Kier alpha value is -1.94. The number of nitrogens with one attached hydrogen (secondary N) is 1. The van der Waals surface area contributed by atoms with Gasteiger partial charge >= 0.3 is 0 Å². The number of benzene rings is 1. The van der Waals surface area contributed by atoms with Gasteiger partial charge in [-0.1, -0.05) is 24.3 Å². The van der Waals surface area contributed by atoms with Gasteiger partial charge < -0.3 is 10.2 Å². The first kappa shape index (κ1) is 14.5. The van der Waals surface area contributed by atoms with E-state index in [9.17, 15) is 4.39 Å². The van der Waals surface area contributed by atoms with Crippen LogP contribution in [0.5, 0.6) is 0 Å². The highest BCUT2D eigenvalue weighted by atomic mass is 19.1. The summed E-state index contributed by atoms with van der Waals surface area (Å²) in [4.78, 5) is 6.41. The predicted octanol–water partition coefficient (Wildman–Crippen LogP) is 3.14. The smallest absolute Gasteiger partial charge is 0.133 e. The van der Waals surface area contributed by atoms with E-state index in [4.69, 9.17) is 0 Å². The molecule has 1 N–H and O–H groups in total. The Bertz CT molecular complexity index is 571. The summed E-state index contributed by atoms with van der Waals surface area (Å²) >= 11 is 0. The van der Waals surface area contributed by atoms with Crippen molar-refractivity contribution in [2.75, 3.05) is 19.0 Å². The predicted molar refractivity (Wildman–Crippen MR) is 80.2 cm³/mol. The first-order valence-corrected chi connectivity index (χ1v) is 6.70. The van der Waals surface area contributed by atoms with Gasteiger partial charge in [0.15, 0.2) is 0 Å². The van der Waals surface area contributed by atoms with E-state index in [-0.39, 0.29) is 11.9 Å². The van der Waals surface area contributed by atoms with Crippen LogP contribution in [-0.4, -0.2) is 19.1 Å². The molecule has 4 heteroatoms. The van der Waals surface area contributed by atoms with Crippen molar-refractivity contribution in [3.63, 3.8) is 0 Å². The first-order chi connectivity index (χ1) is 9.63. The van der Waals surface area contributed by atoms with Gasteiger partial charge in [0.05, 0.1) is 0 Å². The minimum atomic E-state index is -0.182. The molecule has 20 heavy (non-hydrogen) atoms. The minimum Gasteiger partial charge on any atom is -0.355 e. The van der Waals surface area contributed by atoms with Crippen molar-refractivity contribution in [2.24, 2.45) is 0 Å². The third-order valence-electron chi connectivity index (χ3n) is 3.44. The van der Waals surface area contributed by atoms with Gasteiger partial charge in [-0.25, -0.2) is 9.37 Å². The summed E-state index contributed by atoms with van der Waals surface area (Å²) in [6, 6.07) is 11.0. The second-order valence-electron chi connectivity index (χ2n) is 4.87. The number of nitrogens with zero attached hydrogens (tertiary/aromatic N) is 2. The van der Waals surface area contributed by atoms with Crippen molar-refractivity contribution >= 4 is 5.82 Å². The quantitative estimate of drug-likeness (QED) is 0.907. The number of rotatable bonds is 5. The maximum Gasteiger partial charge on any atom is 0.133 e. The highest BCUT2D eigenvalue weighted by Crippen LogP contribution is 2.24. The van der Waals surface area contributed by atoms with Crippen molar-refractivity contribution in [3.8, 4) is 0 Å². The lowest BCUT2D eigenvalue weighted by molar-refractivity contribution is 0.605. The Morgan fingerprint density at radius 3 is 2.70 bits per heavy atom. The Morgan fingerprint density at radius 1 is 1.25 bits per heavy atom. The first-order valence-electron chi connectivity index (χ1n) is 6.70. The summed E-state index contributed by atoms with van der Waals surface area (Å²) in [6.45, 7) is 2.57. The van der Waals surface area contributed by atoms with Crippen molar-refractivity contribution in [1.29, 1.82) is 0 Å². The van der Waals surface area contributed by atoms with Crippen molar-refractivity contribution in [3.05, 3.63) is 59.5 Å². The maximum absolute atomic E-state index is 13.7. The molecule has 0 aliphatic rings. The fourth-order valence-corrected chi connectivity index (χ4v) is 2.18. The molecule has 1 unspecified atom stereocenters. The highest BCUT2D eigenvalue weighted by molar-refractivity contribution is 5.48. The van der Waals surface area contributed by atoms with Gasteiger partial charge in [0, 0.05) is 37.0 Å². The largest absolute Gasteiger partial charge is 0.355 e. The minimum absolute atomic E-state index is 0.182. The van der Waals surface area contributed by atoms with E-state index in [2.05, 4.69) is 17.2 Å². The molecule has 0 aliphatic carbocycles. The SMILES string of the molecule is CNC(C)c1cccnc1N(C)Cc1ccccc1F. The Morgan fingerprint density at radius 2 is 2.00 bits per heavy atom. The van der Waals surface area contributed by atoms with E-state index in [1.54, 1.807) is 18.3 Å². The fourth-order valence-electron chi connectivity index (χ4n) is 2.18. The summed E-state index contributed by atoms with van der Waals surface area (Å²) in [7, 11) is 3.85. The average Bonchev–Trinajstić information content (AvgIpc) is 2.48. The number of hydrogen-bond donors (Lipinski definition) is 1. The number of anilines is 1. The zero-order valence-electron chi connectivity index (χ0n) is 12.1. The lowest BCUT2D eigenvalue weighted by Crippen LogP contribution is -2.23. The number of pyridine rings is 1. The fraction of sp³-hybridized carbons (Fsp3) is 0.312. The van der Waals surface area contributed by atoms with E-state index in [1.165, 1.54) is 6.07 Å². The molecule has 0 radical (unpaired) electrons. The number of halogens is 1. The summed E-state index contributed by atoms with van der Waals surface area (Å²) in [5.41, 5.74) is 1.78. The molecule has 0 spiro atoms. The van der Waals surface area contributed by atoms with Gasteiger partial charge in [0.2, 0.25) is 0 Å². The Kier molecular flexibility index (Phi) is 4.69. The van der Waals surface area contributed by atoms with Crippen molar-refractivity contribution in [1.82, 2.24) is 10.3 Å². The lowest BCUT2D eigenvalue weighted by Gasteiger charge is -2.23. The molecular weight excluding hydrogens is 253 g/mol. The molecule has 0 fully saturated rings. The highest BCUT2D eigenvalue weighted by Gasteiger charge is 2.14. The third kappa shape index (κ3) is 3.14. The Balaban J connectivity index is 2.26. The molecule has 0 saturated heterocycles. The van der Waals surface area contributed by atoms with Crippen LogP contribution in [0.25, 0.3) is 0 Å². The summed E-state index contributed by atoms with van der Waals surface area (Å²) in [6.07, 6.45) is 1.76. The molecular formula is C16H20FN3. The molecule has 1 atom stereocenters. The molecule has 0 saturated carbocycles. The van der Waals surface area contributed by atoms with Gasteiger partial charge in [-0.2, -0.15) is 0 Å². The van der Waals surface area contributed by atoms with Gasteiger partial charge in [0.25, 0.3) is 0 Å². The second kappa shape index (κ2) is 6.48. The van der Waals surface area contributed by atoms with Crippen LogP contribution in [0, 0.1) is 5.82 Å². The van der Waals surface area contributed by atoms with E-state index in [0.717, 1.165) is 11.4 Å². The zero-order valence-corrected chi connectivity index (χ0v) is 12.1. The van der Waals surface area contributed by atoms with Gasteiger partial charge in [-0.3, -0.25) is 0 Å². The van der Waals surface area contributed by atoms with Crippen LogP contribution in [-0.2, 0) is 6.54 Å². The average molecular weight is 273 g/mol. The molecule has 0 aliphatic heterocycles. The topological polar surface area (TPSA) is 28.2 Å². The molecule has 1 aromatic heterocycles. The number of aromatic nitrogens is 1. The molecule has 3 nitrogen and oxygen atoms in total. The summed E-state index contributed by atoms with van der Waals surface area (Å²) < 4.78 is 13.7. The van der Waals surface area contributed by atoms with E-state index in [0.29, 0.717) is 12.1 Å². The molecule has 1 aromatic carbocycles. The molecule has 0 amide bonds. The van der Waals surface area contributed by atoms with Crippen LogP contribution in [0.2, 0.25) is 0 Å². The monoisotopic (exact) mass is 273 g/mol. The van der Waals surface area contributed by atoms with E-state index >= 15 is 0 Å². The molecule has 0 bridgehead atoms. The van der Waals surface area contributed by atoms with Crippen LogP contribution in [0.3, 0.4) is 0 Å². The summed E-state index contributed by atoms with van der Waals surface area (Å²) in [5.74, 6) is 0.691. The van der Waals surface area contributed by atoms with Crippen LogP contribution in [0.15, 0.2) is 42.6 Å². The molecule has 2 aromatic rings. The molecule has 1 heterocycles. The van der Waals surface area contributed by atoms with Crippen LogP contribution in [0.4, 0.5) is 10.2 Å². The second-order valence-corrected chi connectivity index (χ2v) is 4.87. The lowest BCUT2D eigenvalue weighted by atomic mass is 10.1. The Labute approximate surface area is 119 Å².